The number of esters is 1. The molecule has 0 aliphatic heterocycles. The van der Waals surface area contributed by atoms with E-state index in [9.17, 15) is 14.9 Å². The SMILES string of the molecule is COC(=O)c1cc([N+](=O)[O-])c2ncc(C)cc2c1. The Morgan fingerprint density at radius 3 is 2.72 bits per heavy atom. The molecule has 0 atom stereocenters. The van der Waals surface area contributed by atoms with Gasteiger partial charge in [0, 0.05) is 17.6 Å². The average Bonchev–Trinajstić information content (AvgIpc) is 2.35. The van der Waals surface area contributed by atoms with Crippen molar-refractivity contribution >= 4 is 22.6 Å². The van der Waals surface area contributed by atoms with Crippen LogP contribution in [0.5, 0.6) is 0 Å². The van der Waals surface area contributed by atoms with Gasteiger partial charge in [0.25, 0.3) is 5.69 Å². The number of aryl methyl sites for hydroxylation is 1. The highest BCUT2D eigenvalue weighted by Gasteiger charge is 2.18. The Kier molecular flexibility index (Phi) is 2.93. The maximum atomic E-state index is 11.5. The first kappa shape index (κ1) is 12.0. The Morgan fingerprint density at radius 2 is 2.11 bits per heavy atom. The van der Waals surface area contributed by atoms with E-state index in [2.05, 4.69) is 9.72 Å². The minimum absolute atomic E-state index is 0.143. The van der Waals surface area contributed by atoms with Crippen LogP contribution in [0.25, 0.3) is 10.9 Å². The number of carbonyl (C=O) groups is 1. The lowest BCUT2D eigenvalue weighted by Gasteiger charge is -2.04. The first-order valence-electron chi connectivity index (χ1n) is 5.16. The molecule has 2 rings (SSSR count). The Hall–Kier alpha value is -2.50. The molecule has 0 N–H and O–H groups in total. The van der Waals surface area contributed by atoms with Gasteiger partial charge in [0.2, 0.25) is 0 Å². The van der Waals surface area contributed by atoms with Gasteiger partial charge in [0.05, 0.1) is 17.6 Å². The number of benzene rings is 1. The fourth-order valence-electron chi connectivity index (χ4n) is 1.72. The fraction of sp³-hybridized carbons (Fsp3) is 0.167. The van der Waals surface area contributed by atoms with Crippen LogP contribution in [-0.2, 0) is 4.74 Å². The number of carbonyl (C=O) groups excluding carboxylic acids is 1. The first-order valence-corrected chi connectivity index (χ1v) is 5.16. The van der Waals surface area contributed by atoms with Crippen molar-refractivity contribution in [3.63, 3.8) is 0 Å². The van der Waals surface area contributed by atoms with Crippen molar-refractivity contribution < 1.29 is 14.5 Å². The van der Waals surface area contributed by atoms with Crippen molar-refractivity contribution in [2.75, 3.05) is 7.11 Å². The van der Waals surface area contributed by atoms with Crippen molar-refractivity contribution in [1.29, 1.82) is 0 Å². The zero-order valence-electron chi connectivity index (χ0n) is 9.84. The molecule has 2 aromatic rings. The minimum Gasteiger partial charge on any atom is -0.465 e. The van der Waals surface area contributed by atoms with Crippen molar-refractivity contribution in [2.45, 2.75) is 6.92 Å². The summed E-state index contributed by atoms with van der Waals surface area (Å²) in [4.78, 5) is 25.9. The van der Waals surface area contributed by atoms with Crippen molar-refractivity contribution in [2.24, 2.45) is 0 Å². The Bertz CT molecular complexity index is 652. The van der Waals surface area contributed by atoms with E-state index in [1.165, 1.54) is 19.2 Å². The third-order valence-electron chi connectivity index (χ3n) is 2.52. The number of non-ortho nitro benzene ring substituents is 1. The van der Waals surface area contributed by atoms with Gasteiger partial charge in [0.15, 0.2) is 0 Å². The number of ether oxygens (including phenoxy) is 1. The molecule has 0 saturated carbocycles. The molecule has 0 bridgehead atoms. The topological polar surface area (TPSA) is 82.3 Å². The van der Waals surface area contributed by atoms with Crippen LogP contribution in [0.4, 0.5) is 5.69 Å². The molecule has 18 heavy (non-hydrogen) atoms. The quantitative estimate of drug-likeness (QED) is 0.461. The predicted molar refractivity (Wildman–Crippen MR) is 64.5 cm³/mol. The summed E-state index contributed by atoms with van der Waals surface area (Å²) in [5, 5.41) is 11.5. The molecule has 0 amide bonds. The molecule has 0 saturated heterocycles. The fourth-order valence-corrected chi connectivity index (χ4v) is 1.72. The van der Waals surface area contributed by atoms with Crippen LogP contribution in [0.1, 0.15) is 15.9 Å². The number of nitro groups is 1. The van der Waals surface area contributed by atoms with Crippen LogP contribution in [-0.4, -0.2) is 23.0 Å². The van der Waals surface area contributed by atoms with Crippen molar-refractivity contribution in [3.8, 4) is 0 Å². The third-order valence-corrected chi connectivity index (χ3v) is 2.52. The van der Waals surface area contributed by atoms with Crippen molar-refractivity contribution in [3.05, 3.63) is 45.6 Å². The van der Waals surface area contributed by atoms with Crippen LogP contribution < -0.4 is 0 Å². The van der Waals surface area contributed by atoms with Gasteiger partial charge < -0.3 is 4.74 Å². The molecular formula is C12H10N2O4. The molecule has 6 nitrogen and oxygen atoms in total. The summed E-state index contributed by atoms with van der Waals surface area (Å²) in [6, 6.07) is 4.45. The number of aromatic nitrogens is 1. The van der Waals surface area contributed by atoms with E-state index in [4.69, 9.17) is 0 Å². The molecule has 0 fully saturated rings. The second-order valence-corrected chi connectivity index (χ2v) is 3.83. The summed E-state index contributed by atoms with van der Waals surface area (Å²) in [6.45, 7) is 1.82. The van der Waals surface area contributed by atoms with Gasteiger partial charge in [-0.05, 0) is 24.6 Å². The highest BCUT2D eigenvalue weighted by molar-refractivity contribution is 5.98. The number of nitrogens with zero attached hydrogens (tertiary/aromatic N) is 2. The van der Waals surface area contributed by atoms with Gasteiger partial charge in [-0.3, -0.25) is 10.1 Å². The highest BCUT2D eigenvalue weighted by Crippen LogP contribution is 2.26. The number of rotatable bonds is 2. The van der Waals surface area contributed by atoms with Crippen LogP contribution >= 0.6 is 0 Å². The van der Waals surface area contributed by atoms with E-state index in [0.717, 1.165) is 5.56 Å². The molecule has 1 aromatic carbocycles. The number of fused-ring (bicyclic) bond motifs is 1. The number of nitro benzene ring substituents is 1. The highest BCUT2D eigenvalue weighted by atomic mass is 16.6. The van der Waals surface area contributed by atoms with E-state index >= 15 is 0 Å². The predicted octanol–water partition coefficient (Wildman–Crippen LogP) is 2.24. The molecule has 0 aliphatic carbocycles. The van der Waals surface area contributed by atoms with Crippen LogP contribution in [0.15, 0.2) is 24.4 Å². The van der Waals surface area contributed by atoms with Gasteiger partial charge in [-0.2, -0.15) is 0 Å². The molecule has 0 spiro atoms. The van der Waals surface area contributed by atoms with E-state index in [1.54, 1.807) is 12.3 Å². The summed E-state index contributed by atoms with van der Waals surface area (Å²) in [5.41, 5.74) is 1.06. The molecule has 92 valence electrons. The molecular weight excluding hydrogens is 236 g/mol. The molecule has 6 heteroatoms. The Morgan fingerprint density at radius 1 is 1.39 bits per heavy atom. The summed E-state index contributed by atoms with van der Waals surface area (Å²) < 4.78 is 4.57. The second-order valence-electron chi connectivity index (χ2n) is 3.83. The maximum absolute atomic E-state index is 11.5. The number of hydrogen-bond donors (Lipinski definition) is 0. The van der Waals surface area contributed by atoms with Gasteiger partial charge >= 0.3 is 5.97 Å². The summed E-state index contributed by atoms with van der Waals surface area (Å²) in [7, 11) is 1.23. The van der Waals surface area contributed by atoms with Gasteiger partial charge in [-0.1, -0.05) is 0 Å². The van der Waals surface area contributed by atoms with Crippen LogP contribution in [0.3, 0.4) is 0 Å². The third kappa shape index (κ3) is 2.00. The Labute approximate surface area is 102 Å². The zero-order valence-corrected chi connectivity index (χ0v) is 9.84. The molecule has 0 radical (unpaired) electrons. The smallest absolute Gasteiger partial charge is 0.338 e. The molecule has 1 aromatic heterocycles. The van der Waals surface area contributed by atoms with Crippen molar-refractivity contribution in [1.82, 2.24) is 4.98 Å². The standard InChI is InChI=1S/C12H10N2O4/c1-7-3-8-4-9(12(15)18-2)5-10(14(16)17)11(8)13-6-7/h3-6H,1-2H3. The maximum Gasteiger partial charge on any atom is 0.338 e. The Balaban J connectivity index is 2.78. The first-order chi connectivity index (χ1) is 8.52. The second kappa shape index (κ2) is 4.40. The largest absolute Gasteiger partial charge is 0.465 e. The monoisotopic (exact) mass is 246 g/mol. The normalized spacial score (nSPS) is 10.3. The zero-order chi connectivity index (χ0) is 13.3. The molecule has 0 unspecified atom stereocenters. The van der Waals surface area contributed by atoms with E-state index in [0.29, 0.717) is 5.39 Å². The average molecular weight is 246 g/mol. The lowest BCUT2D eigenvalue weighted by atomic mass is 10.1. The lowest BCUT2D eigenvalue weighted by Crippen LogP contribution is -2.03. The number of hydrogen-bond acceptors (Lipinski definition) is 5. The summed E-state index contributed by atoms with van der Waals surface area (Å²) >= 11 is 0. The van der Waals surface area contributed by atoms with E-state index < -0.39 is 10.9 Å². The van der Waals surface area contributed by atoms with Crippen LogP contribution in [0.2, 0.25) is 0 Å². The number of methoxy groups -OCH3 is 1. The van der Waals surface area contributed by atoms with E-state index in [-0.39, 0.29) is 16.8 Å². The van der Waals surface area contributed by atoms with E-state index in [1.807, 2.05) is 6.92 Å². The van der Waals surface area contributed by atoms with Crippen LogP contribution in [0, 0.1) is 17.0 Å². The van der Waals surface area contributed by atoms with Gasteiger partial charge in [0.1, 0.15) is 5.52 Å². The van der Waals surface area contributed by atoms with Gasteiger partial charge in [-0.25, -0.2) is 9.78 Å². The summed E-state index contributed by atoms with van der Waals surface area (Å²) in [5.74, 6) is -0.610. The lowest BCUT2D eigenvalue weighted by molar-refractivity contribution is -0.383. The number of pyridine rings is 1. The summed E-state index contributed by atoms with van der Waals surface area (Å²) in [6.07, 6.45) is 1.55. The van der Waals surface area contributed by atoms with Gasteiger partial charge in [-0.15, -0.1) is 0 Å². The molecule has 0 aliphatic rings. The molecule has 1 heterocycles. The minimum atomic E-state index is -0.610.